The summed E-state index contributed by atoms with van der Waals surface area (Å²) in [5, 5.41) is 9.19. The van der Waals surface area contributed by atoms with Crippen LogP contribution in [0.25, 0.3) is 0 Å². The number of rotatable bonds is 4. The van der Waals surface area contributed by atoms with Crippen LogP contribution in [0.15, 0.2) is 16.8 Å². The fraction of sp³-hybridized carbons (Fsp3) is 0.500. The molecular weight excluding hydrogens is 260 g/mol. The highest BCUT2D eigenvalue weighted by Gasteiger charge is 2.21. The Morgan fingerprint density at radius 1 is 1.39 bits per heavy atom. The summed E-state index contributed by atoms with van der Waals surface area (Å²) in [7, 11) is 0. The third kappa shape index (κ3) is 2.37. The third-order valence-corrected chi connectivity index (χ3v) is 5.32. The quantitative estimate of drug-likeness (QED) is 0.920. The minimum Gasteiger partial charge on any atom is -0.305 e. The zero-order valence-electron chi connectivity index (χ0n) is 10.6. The molecule has 0 radical (unpaired) electrons. The second kappa shape index (κ2) is 5.51. The molecule has 0 amide bonds. The van der Waals surface area contributed by atoms with Crippen molar-refractivity contribution in [3.05, 3.63) is 38.0 Å². The maximum atomic E-state index is 4.89. The fourth-order valence-electron chi connectivity index (χ4n) is 2.49. The van der Waals surface area contributed by atoms with Crippen LogP contribution in [0.1, 0.15) is 46.9 Å². The lowest BCUT2D eigenvalue weighted by Crippen LogP contribution is -2.21. The summed E-state index contributed by atoms with van der Waals surface area (Å²) in [6.07, 6.45) is 5.04. The van der Waals surface area contributed by atoms with Crippen molar-refractivity contribution in [2.75, 3.05) is 6.54 Å². The maximum absolute atomic E-state index is 4.89. The molecule has 18 heavy (non-hydrogen) atoms. The Morgan fingerprint density at radius 2 is 2.28 bits per heavy atom. The van der Waals surface area contributed by atoms with Crippen LogP contribution in [0.3, 0.4) is 0 Å². The third-order valence-electron chi connectivity index (χ3n) is 3.39. The molecule has 2 aromatic heterocycles. The fourth-order valence-corrected chi connectivity index (χ4v) is 4.43. The first kappa shape index (κ1) is 12.3. The van der Waals surface area contributed by atoms with Gasteiger partial charge in [-0.2, -0.15) is 11.3 Å². The predicted octanol–water partition coefficient (Wildman–Crippen LogP) is 3.78. The van der Waals surface area contributed by atoms with Crippen molar-refractivity contribution < 1.29 is 0 Å². The molecule has 4 heteroatoms. The number of hydrogen-bond acceptors (Lipinski definition) is 4. The molecule has 0 aliphatic heterocycles. The predicted molar refractivity (Wildman–Crippen MR) is 78.6 cm³/mol. The number of nitrogens with zero attached hydrogens (tertiary/aromatic N) is 1. The summed E-state index contributed by atoms with van der Waals surface area (Å²) in [4.78, 5) is 6.41. The first-order chi connectivity index (χ1) is 8.88. The summed E-state index contributed by atoms with van der Waals surface area (Å²) in [6, 6.07) is 2.50. The number of aromatic nitrogens is 1. The van der Waals surface area contributed by atoms with E-state index >= 15 is 0 Å². The highest BCUT2D eigenvalue weighted by atomic mass is 32.1. The van der Waals surface area contributed by atoms with Crippen molar-refractivity contribution in [1.29, 1.82) is 0 Å². The summed E-state index contributed by atoms with van der Waals surface area (Å²) in [6.45, 7) is 3.14. The van der Waals surface area contributed by atoms with Gasteiger partial charge in [0, 0.05) is 4.88 Å². The van der Waals surface area contributed by atoms with Crippen molar-refractivity contribution >= 4 is 22.7 Å². The van der Waals surface area contributed by atoms with E-state index in [1.807, 2.05) is 11.3 Å². The molecule has 1 atom stereocenters. The van der Waals surface area contributed by atoms with Crippen molar-refractivity contribution in [1.82, 2.24) is 10.3 Å². The molecule has 96 valence electrons. The largest absolute Gasteiger partial charge is 0.305 e. The minimum absolute atomic E-state index is 0.289. The molecule has 0 saturated heterocycles. The van der Waals surface area contributed by atoms with Crippen molar-refractivity contribution in [2.45, 2.75) is 38.6 Å². The molecule has 0 bridgehead atoms. The zero-order chi connectivity index (χ0) is 12.4. The van der Waals surface area contributed by atoms with Crippen LogP contribution >= 0.6 is 22.7 Å². The number of fused-ring (bicyclic) bond motifs is 1. The molecule has 0 fully saturated rings. The SMILES string of the molecule is CCNC(c1ccsc1)c1nc2c(s1)CCCC2. The Bertz CT molecular complexity index is 478. The summed E-state index contributed by atoms with van der Waals surface area (Å²) < 4.78 is 0. The molecule has 2 heterocycles. The normalized spacial score (nSPS) is 16.5. The lowest BCUT2D eigenvalue weighted by Gasteiger charge is -2.13. The van der Waals surface area contributed by atoms with E-state index in [1.54, 1.807) is 11.3 Å². The minimum atomic E-state index is 0.289. The first-order valence-corrected chi connectivity index (χ1v) is 8.38. The van der Waals surface area contributed by atoms with E-state index < -0.39 is 0 Å². The van der Waals surface area contributed by atoms with Gasteiger partial charge in [-0.05, 0) is 54.6 Å². The molecule has 2 nitrogen and oxygen atoms in total. The molecule has 3 rings (SSSR count). The second-order valence-electron chi connectivity index (χ2n) is 4.68. The van der Waals surface area contributed by atoms with Gasteiger partial charge < -0.3 is 5.32 Å². The van der Waals surface area contributed by atoms with Crippen LogP contribution in [0.4, 0.5) is 0 Å². The number of hydrogen-bond donors (Lipinski definition) is 1. The molecule has 1 aliphatic rings. The molecular formula is C14H18N2S2. The van der Waals surface area contributed by atoms with E-state index in [0.29, 0.717) is 0 Å². The molecule has 1 aliphatic carbocycles. The van der Waals surface area contributed by atoms with E-state index in [9.17, 15) is 0 Å². The second-order valence-corrected chi connectivity index (χ2v) is 6.57. The Morgan fingerprint density at radius 3 is 3.00 bits per heavy atom. The van der Waals surface area contributed by atoms with Gasteiger partial charge in [-0.3, -0.25) is 0 Å². The van der Waals surface area contributed by atoms with E-state index in [4.69, 9.17) is 4.98 Å². The van der Waals surface area contributed by atoms with Crippen molar-refractivity contribution in [3.63, 3.8) is 0 Å². The topological polar surface area (TPSA) is 24.9 Å². The summed E-state index contributed by atoms with van der Waals surface area (Å²) in [5.41, 5.74) is 2.72. The monoisotopic (exact) mass is 278 g/mol. The highest BCUT2D eigenvalue weighted by molar-refractivity contribution is 7.12. The lowest BCUT2D eigenvalue weighted by molar-refractivity contribution is 0.622. The summed E-state index contributed by atoms with van der Waals surface area (Å²) in [5.74, 6) is 0. The van der Waals surface area contributed by atoms with Gasteiger partial charge in [0.1, 0.15) is 5.01 Å². The average Bonchev–Trinajstić information content (AvgIpc) is 3.04. The van der Waals surface area contributed by atoms with E-state index in [2.05, 4.69) is 29.1 Å². The van der Waals surface area contributed by atoms with E-state index in [1.165, 1.54) is 46.8 Å². The molecule has 2 aromatic rings. The lowest BCUT2D eigenvalue weighted by atomic mass is 10.0. The number of nitrogens with one attached hydrogen (secondary N) is 1. The van der Waals surface area contributed by atoms with Gasteiger partial charge in [0.15, 0.2) is 0 Å². The molecule has 1 N–H and O–H groups in total. The van der Waals surface area contributed by atoms with Crippen molar-refractivity contribution in [2.24, 2.45) is 0 Å². The number of aryl methyl sites for hydroxylation is 2. The summed E-state index contributed by atoms with van der Waals surface area (Å²) >= 11 is 3.67. The van der Waals surface area contributed by atoms with E-state index in [-0.39, 0.29) is 6.04 Å². The van der Waals surface area contributed by atoms with Gasteiger partial charge in [-0.15, -0.1) is 11.3 Å². The van der Waals surface area contributed by atoms with Crippen LogP contribution in [-0.2, 0) is 12.8 Å². The Hall–Kier alpha value is -0.710. The molecule has 0 saturated carbocycles. The van der Waals surface area contributed by atoms with Crippen LogP contribution in [0.2, 0.25) is 0 Å². The zero-order valence-corrected chi connectivity index (χ0v) is 12.2. The van der Waals surface area contributed by atoms with Gasteiger partial charge in [-0.1, -0.05) is 6.92 Å². The number of thiazole rings is 1. The molecule has 0 spiro atoms. The first-order valence-electron chi connectivity index (χ1n) is 6.62. The van der Waals surface area contributed by atoms with Gasteiger partial charge >= 0.3 is 0 Å². The van der Waals surface area contributed by atoms with Crippen LogP contribution in [0.5, 0.6) is 0 Å². The van der Waals surface area contributed by atoms with Gasteiger partial charge in [-0.25, -0.2) is 4.98 Å². The van der Waals surface area contributed by atoms with Gasteiger partial charge in [0.25, 0.3) is 0 Å². The van der Waals surface area contributed by atoms with Gasteiger partial charge in [0.2, 0.25) is 0 Å². The van der Waals surface area contributed by atoms with E-state index in [0.717, 1.165) is 6.54 Å². The molecule has 1 unspecified atom stereocenters. The Balaban J connectivity index is 1.92. The van der Waals surface area contributed by atoms with Crippen LogP contribution in [0, 0.1) is 0 Å². The highest BCUT2D eigenvalue weighted by Crippen LogP contribution is 2.33. The smallest absolute Gasteiger partial charge is 0.115 e. The van der Waals surface area contributed by atoms with Gasteiger partial charge in [0.05, 0.1) is 11.7 Å². The Kier molecular flexibility index (Phi) is 3.77. The van der Waals surface area contributed by atoms with Crippen LogP contribution < -0.4 is 5.32 Å². The standard InChI is InChI=1S/C14H18N2S2/c1-2-15-13(10-7-8-17-9-10)14-16-11-5-3-4-6-12(11)18-14/h7-9,13,15H,2-6H2,1H3. The van der Waals surface area contributed by atoms with Crippen LogP contribution in [-0.4, -0.2) is 11.5 Å². The Labute approximate surface area is 116 Å². The number of thiophene rings is 1. The molecule has 0 aromatic carbocycles. The average molecular weight is 278 g/mol. The van der Waals surface area contributed by atoms with Crippen molar-refractivity contribution in [3.8, 4) is 0 Å². The maximum Gasteiger partial charge on any atom is 0.115 e.